The molecule has 0 amide bonds. The number of likely N-dealkylation sites (N-methyl/N-ethyl adjacent to an activating group) is 1. The number of benzene rings is 1. The van der Waals surface area contributed by atoms with Gasteiger partial charge >= 0.3 is 5.97 Å². The van der Waals surface area contributed by atoms with Crippen LogP contribution in [0.1, 0.15) is 125 Å². The van der Waals surface area contributed by atoms with Crippen molar-refractivity contribution in [2.75, 3.05) is 26.4 Å². The van der Waals surface area contributed by atoms with Gasteiger partial charge in [0.05, 0.1) is 36.1 Å². The summed E-state index contributed by atoms with van der Waals surface area (Å²) in [4.78, 5) is 18.7. The zero-order chi connectivity index (χ0) is 42.5. The molecule has 6 aliphatic rings. The Bertz CT molecular complexity index is 1890. The molecule has 1 aliphatic heterocycles. The molecule has 59 heavy (non-hydrogen) atoms. The predicted octanol–water partition coefficient (Wildman–Crippen LogP) is 6.78. The number of nitrogens with zero attached hydrogens (tertiary/aromatic N) is 5. The summed E-state index contributed by atoms with van der Waals surface area (Å²) in [6.45, 7) is 18.3. The average Bonchev–Trinajstić information content (AvgIpc) is 3.93. The molecule has 2 bridgehead atoms. The minimum Gasteiger partial charge on any atom is -0.460 e. The Hall–Kier alpha value is -2.90. The second-order valence-electron chi connectivity index (χ2n) is 21.3. The second kappa shape index (κ2) is 14.9. The van der Waals surface area contributed by atoms with Crippen molar-refractivity contribution in [2.45, 2.75) is 161 Å². The van der Waals surface area contributed by atoms with Crippen molar-refractivity contribution in [3.8, 4) is 0 Å². The van der Waals surface area contributed by atoms with Crippen molar-refractivity contribution >= 4 is 11.9 Å². The summed E-state index contributed by atoms with van der Waals surface area (Å²) in [5, 5.41) is 40.0. The Labute approximate surface area is 352 Å². The lowest BCUT2D eigenvalue weighted by Crippen LogP contribution is -2.76. The first-order valence-corrected chi connectivity index (χ1v) is 22.6. The Morgan fingerprint density at radius 3 is 2.37 bits per heavy atom. The smallest absolute Gasteiger partial charge is 0.315 e. The summed E-state index contributed by atoms with van der Waals surface area (Å²) in [6.07, 6.45) is 8.07. The summed E-state index contributed by atoms with van der Waals surface area (Å²) in [7, 11) is 4.25. The van der Waals surface area contributed by atoms with E-state index in [1.807, 2.05) is 30.3 Å². The molecular formula is C47H72N6O6. The molecular weight excluding hydrogens is 745 g/mol. The van der Waals surface area contributed by atoms with Gasteiger partial charge in [0.15, 0.2) is 0 Å². The Kier molecular flexibility index (Phi) is 10.8. The Morgan fingerprint density at radius 2 is 1.76 bits per heavy atom. The first kappa shape index (κ1) is 42.8. The molecule has 13 unspecified atom stereocenters. The maximum Gasteiger partial charge on any atom is 0.315 e. The molecule has 8 rings (SSSR count). The lowest BCUT2D eigenvalue weighted by Gasteiger charge is -2.75. The molecule has 12 heteroatoms. The van der Waals surface area contributed by atoms with Crippen LogP contribution in [0.3, 0.4) is 0 Å². The third kappa shape index (κ3) is 6.29. The number of aliphatic hydroxyl groups is 2. The fraction of sp³-hybridized carbons (Fsp3) is 0.787. The highest BCUT2D eigenvalue weighted by atomic mass is 16.5. The van der Waals surface area contributed by atoms with Crippen LogP contribution in [-0.2, 0) is 25.6 Å². The summed E-state index contributed by atoms with van der Waals surface area (Å²) in [5.41, 5.74) is 3.47. The number of fused-ring (bicyclic) bond motifs is 3. The first-order valence-electron chi connectivity index (χ1n) is 22.6. The van der Waals surface area contributed by atoms with Crippen LogP contribution in [-0.4, -0.2) is 97.5 Å². The van der Waals surface area contributed by atoms with Crippen molar-refractivity contribution in [1.82, 2.24) is 25.1 Å². The monoisotopic (exact) mass is 817 g/mol. The molecule has 0 spiro atoms. The number of hydrogen-bond donors (Lipinski definition) is 3. The topological polar surface area (TPSA) is 158 Å². The van der Waals surface area contributed by atoms with Crippen LogP contribution >= 0.6 is 0 Å². The van der Waals surface area contributed by atoms with Gasteiger partial charge < -0.3 is 35.1 Å². The van der Waals surface area contributed by atoms with Crippen LogP contribution in [0.15, 0.2) is 42.0 Å². The van der Waals surface area contributed by atoms with Crippen molar-refractivity contribution in [3.63, 3.8) is 0 Å². The fourth-order valence-corrected chi connectivity index (χ4v) is 15.0. The molecule has 5 aliphatic carbocycles. The van der Waals surface area contributed by atoms with Gasteiger partial charge in [0.2, 0.25) is 0 Å². The molecule has 0 radical (unpaired) electrons. The van der Waals surface area contributed by atoms with Crippen LogP contribution in [0.5, 0.6) is 0 Å². The van der Waals surface area contributed by atoms with E-state index in [0.717, 1.165) is 31.2 Å². The van der Waals surface area contributed by atoms with Gasteiger partial charge in [-0.2, -0.15) is 4.80 Å². The van der Waals surface area contributed by atoms with E-state index < -0.39 is 44.7 Å². The third-order valence-electron chi connectivity index (χ3n) is 17.1. The van der Waals surface area contributed by atoms with Gasteiger partial charge in [-0.1, -0.05) is 88.6 Å². The summed E-state index contributed by atoms with van der Waals surface area (Å²) >= 11 is 0. The number of hydrogen-bond acceptors (Lipinski definition) is 11. The standard InChI is InChI=1S/C47H72N6O6/c1-28(2)24-44(55)23-22-43(8)46(33-16-17-33)20-18-35-42(7)27-58-31(6)45(35,36(46)19-21-47(43,56)38(44)40(54)57-26-32-14-12-11-13-15-32)25-34(53-50-41(48)49-51-53)39(42)59-30(5)37(29(3)4)52(9)10/h11-15,19,28-31,33-35,37-39,55-56H,16-18,20-27H2,1-10H3,(H2,48,50). The molecule has 1 aromatic carbocycles. The number of aromatic nitrogens is 4. The lowest BCUT2D eigenvalue weighted by molar-refractivity contribution is -0.304. The molecule has 13 atom stereocenters. The van der Waals surface area contributed by atoms with Gasteiger partial charge in [-0.25, -0.2) is 0 Å². The van der Waals surface area contributed by atoms with Crippen molar-refractivity contribution in [3.05, 3.63) is 47.5 Å². The zero-order valence-electron chi connectivity index (χ0n) is 37.4. The van der Waals surface area contributed by atoms with Crippen LogP contribution < -0.4 is 5.73 Å². The number of tetrazole rings is 1. The van der Waals surface area contributed by atoms with Crippen molar-refractivity contribution in [1.29, 1.82) is 0 Å². The largest absolute Gasteiger partial charge is 0.460 e. The fourth-order valence-electron chi connectivity index (χ4n) is 15.0. The Balaban J connectivity index is 1.26. The molecule has 5 fully saturated rings. The van der Waals surface area contributed by atoms with Gasteiger partial charge in [-0.3, -0.25) is 4.79 Å². The number of rotatable bonds is 12. The lowest BCUT2D eigenvalue weighted by atomic mass is 9.31. The second-order valence-corrected chi connectivity index (χ2v) is 21.3. The highest BCUT2D eigenvalue weighted by Gasteiger charge is 2.80. The number of carbonyl (C=O) groups excluding carboxylic acids is 1. The number of esters is 1. The average molecular weight is 817 g/mol. The van der Waals surface area contributed by atoms with E-state index in [9.17, 15) is 15.0 Å². The molecule has 1 aromatic heterocycles. The highest BCUT2D eigenvalue weighted by molar-refractivity contribution is 5.76. The van der Waals surface area contributed by atoms with E-state index in [2.05, 4.69) is 90.8 Å². The molecule has 2 aromatic rings. The molecule has 12 nitrogen and oxygen atoms in total. The first-order chi connectivity index (χ1) is 27.8. The minimum atomic E-state index is -1.55. The SMILES string of the molecule is CC(C)CC1(O)CCC2(C)C(O)(CC=C3C45CC(n6nnc(N)n6)C(OC(C)C(C(C)C)N(C)C)C(C)(COC4C)C5CCC32C2CC2)C1C(=O)OCc1ccccc1. The molecule has 4 saturated carbocycles. The normalized spacial score (nSPS) is 41.5. The zero-order valence-corrected chi connectivity index (χ0v) is 37.4. The Morgan fingerprint density at radius 1 is 1.05 bits per heavy atom. The number of ether oxygens (including phenoxy) is 3. The summed E-state index contributed by atoms with van der Waals surface area (Å²) < 4.78 is 20.6. The van der Waals surface area contributed by atoms with E-state index >= 15 is 0 Å². The van der Waals surface area contributed by atoms with Crippen LogP contribution in [0.2, 0.25) is 0 Å². The highest BCUT2D eigenvalue weighted by Crippen LogP contribution is 2.81. The summed E-state index contributed by atoms with van der Waals surface area (Å²) in [6, 6.07) is 9.57. The van der Waals surface area contributed by atoms with Gasteiger partial charge in [-0.15, -0.1) is 5.10 Å². The van der Waals surface area contributed by atoms with Gasteiger partial charge in [0, 0.05) is 27.7 Å². The molecule has 4 N–H and O–H groups in total. The maximum absolute atomic E-state index is 14.7. The molecule has 326 valence electrons. The van der Waals surface area contributed by atoms with Crippen LogP contribution in [0.25, 0.3) is 0 Å². The van der Waals surface area contributed by atoms with Crippen molar-refractivity contribution in [2.24, 2.45) is 51.2 Å². The number of anilines is 1. The van der Waals surface area contributed by atoms with E-state index in [0.29, 0.717) is 44.1 Å². The predicted molar refractivity (Wildman–Crippen MR) is 225 cm³/mol. The van der Waals surface area contributed by atoms with E-state index in [1.54, 1.807) is 4.80 Å². The van der Waals surface area contributed by atoms with Gasteiger partial charge in [-0.05, 0) is 120 Å². The van der Waals surface area contributed by atoms with E-state index in [-0.39, 0.29) is 61.2 Å². The van der Waals surface area contributed by atoms with Crippen LogP contribution in [0.4, 0.5) is 5.95 Å². The van der Waals surface area contributed by atoms with Crippen molar-refractivity contribution < 1.29 is 29.2 Å². The maximum atomic E-state index is 14.7. The van der Waals surface area contributed by atoms with E-state index in [1.165, 1.54) is 5.57 Å². The minimum absolute atomic E-state index is 0.0876. The van der Waals surface area contributed by atoms with Crippen LogP contribution in [0, 0.1) is 51.2 Å². The third-order valence-corrected chi connectivity index (χ3v) is 17.1. The molecule has 1 saturated heterocycles. The van der Waals surface area contributed by atoms with Gasteiger partial charge in [0.25, 0.3) is 5.95 Å². The molecule has 2 heterocycles. The number of carbonyl (C=O) groups is 1. The van der Waals surface area contributed by atoms with Gasteiger partial charge in [0.1, 0.15) is 18.6 Å². The summed E-state index contributed by atoms with van der Waals surface area (Å²) in [5.74, 6) is -0.464. The number of nitrogens with two attached hydrogens (primary N) is 1. The quantitative estimate of drug-likeness (QED) is 0.153. The number of nitrogen functional groups attached to an aromatic ring is 1. The van der Waals surface area contributed by atoms with E-state index in [4.69, 9.17) is 25.0 Å².